The molecule has 0 unspecified atom stereocenters. The van der Waals surface area contributed by atoms with E-state index in [1.807, 2.05) is 12.1 Å². The van der Waals surface area contributed by atoms with Gasteiger partial charge in [-0.1, -0.05) is 140 Å². The van der Waals surface area contributed by atoms with E-state index in [0.717, 1.165) is 50.2 Å². The molecular weight excluding hydrogens is 657 g/mol. The van der Waals surface area contributed by atoms with Crippen LogP contribution in [0, 0.1) is 0 Å². The summed E-state index contributed by atoms with van der Waals surface area (Å²) in [6.07, 6.45) is 0. The molecule has 12 aromatic rings. The minimum Gasteiger partial charge on any atom is -0.309 e. The van der Waals surface area contributed by atoms with Gasteiger partial charge in [0.15, 0.2) is 5.82 Å². The van der Waals surface area contributed by atoms with Gasteiger partial charge < -0.3 is 4.57 Å². The van der Waals surface area contributed by atoms with E-state index in [2.05, 4.69) is 179 Å². The van der Waals surface area contributed by atoms with Crippen molar-refractivity contribution in [2.24, 2.45) is 0 Å². The summed E-state index contributed by atoms with van der Waals surface area (Å²) in [5, 5.41) is 12.2. The highest BCUT2D eigenvalue weighted by atomic mass is 15.1. The SMILES string of the molecule is c1ccc2c(-c3nc4ccccc4nc3-n3c4cc(-n5c6ccccc6c6c7ccccc7ccc65)ccc4c4c5ccccc5ccc43)cccc2c1. The van der Waals surface area contributed by atoms with Gasteiger partial charge in [-0.05, 0) is 74.8 Å². The first-order valence-corrected chi connectivity index (χ1v) is 18.4. The van der Waals surface area contributed by atoms with Gasteiger partial charge in [-0.25, -0.2) is 9.97 Å². The quantitative estimate of drug-likeness (QED) is 0.185. The van der Waals surface area contributed by atoms with Crippen molar-refractivity contribution in [3.8, 4) is 22.8 Å². The maximum Gasteiger partial charge on any atom is 0.165 e. The van der Waals surface area contributed by atoms with E-state index in [1.165, 1.54) is 59.5 Å². The molecule has 9 aromatic carbocycles. The topological polar surface area (TPSA) is 35.6 Å². The molecule has 0 radical (unpaired) electrons. The van der Waals surface area contributed by atoms with Crippen LogP contribution in [0.1, 0.15) is 0 Å². The highest BCUT2D eigenvalue weighted by molar-refractivity contribution is 6.23. The number of rotatable bonds is 3. The fourth-order valence-electron chi connectivity index (χ4n) is 8.92. The minimum atomic E-state index is 0.811. The van der Waals surface area contributed by atoms with Crippen LogP contribution in [0.25, 0.3) is 110 Å². The second kappa shape index (κ2) is 11.1. The Balaban J connectivity index is 1.24. The van der Waals surface area contributed by atoms with Crippen molar-refractivity contribution < 1.29 is 0 Å². The van der Waals surface area contributed by atoms with Crippen molar-refractivity contribution in [3.05, 3.63) is 182 Å². The molecule has 0 aliphatic heterocycles. The second-order valence-electron chi connectivity index (χ2n) is 14.2. The Labute approximate surface area is 309 Å². The van der Waals surface area contributed by atoms with Crippen LogP contribution in [-0.4, -0.2) is 19.1 Å². The zero-order chi connectivity index (χ0) is 35.3. The zero-order valence-electron chi connectivity index (χ0n) is 29.1. The molecule has 0 fully saturated rings. The Morgan fingerprint density at radius 3 is 1.59 bits per heavy atom. The fourth-order valence-corrected chi connectivity index (χ4v) is 8.92. The van der Waals surface area contributed by atoms with Crippen LogP contribution in [0.4, 0.5) is 0 Å². The molecule has 3 aromatic heterocycles. The standard InChI is InChI=1S/C50H30N4/c1-4-16-35-31(12-1)15-11-20-38(35)49-50(52-42-22-9-8-21-41(42)51-49)54-45-29-25-33-14-3-6-18-37(33)48(45)40-27-26-34(30-46(40)54)53-43-23-10-7-19-39(43)47-36-17-5-2-13-32(36)24-28-44(47)53/h1-30H. The van der Waals surface area contributed by atoms with Gasteiger partial charge in [0.25, 0.3) is 0 Å². The molecule has 3 heterocycles. The maximum atomic E-state index is 5.50. The van der Waals surface area contributed by atoms with Gasteiger partial charge in [0.1, 0.15) is 5.69 Å². The number of para-hydroxylation sites is 3. The predicted octanol–water partition coefficient (Wildman–Crippen LogP) is 13.0. The number of hydrogen-bond donors (Lipinski definition) is 0. The van der Waals surface area contributed by atoms with Crippen molar-refractivity contribution in [3.63, 3.8) is 0 Å². The monoisotopic (exact) mass is 686 g/mol. The summed E-state index contributed by atoms with van der Waals surface area (Å²) in [6.45, 7) is 0. The second-order valence-corrected chi connectivity index (χ2v) is 14.2. The third-order valence-corrected chi connectivity index (χ3v) is 11.3. The van der Waals surface area contributed by atoms with Crippen LogP contribution < -0.4 is 0 Å². The van der Waals surface area contributed by atoms with Crippen LogP contribution in [-0.2, 0) is 0 Å². The number of nitrogens with zero attached hydrogens (tertiary/aromatic N) is 4. The third kappa shape index (κ3) is 4.08. The molecule has 0 saturated carbocycles. The van der Waals surface area contributed by atoms with Crippen molar-refractivity contribution in [2.75, 3.05) is 0 Å². The average molecular weight is 687 g/mol. The summed E-state index contributed by atoms with van der Waals surface area (Å²) >= 11 is 0. The lowest BCUT2D eigenvalue weighted by molar-refractivity contribution is 1.08. The number of aromatic nitrogens is 4. The first kappa shape index (κ1) is 29.3. The Bertz CT molecular complexity index is 3510. The molecule has 12 rings (SSSR count). The van der Waals surface area contributed by atoms with E-state index in [4.69, 9.17) is 9.97 Å². The van der Waals surface area contributed by atoms with Crippen LogP contribution in [0.5, 0.6) is 0 Å². The van der Waals surface area contributed by atoms with Gasteiger partial charge in [-0.3, -0.25) is 4.57 Å². The van der Waals surface area contributed by atoms with Crippen LogP contribution in [0.15, 0.2) is 182 Å². The summed E-state index contributed by atoms with van der Waals surface area (Å²) in [6, 6.07) is 65.4. The van der Waals surface area contributed by atoms with Gasteiger partial charge >= 0.3 is 0 Å². The first-order chi connectivity index (χ1) is 26.8. The Hall–Kier alpha value is -7.30. The summed E-state index contributed by atoms with van der Waals surface area (Å²) in [7, 11) is 0. The van der Waals surface area contributed by atoms with E-state index in [9.17, 15) is 0 Å². The van der Waals surface area contributed by atoms with Gasteiger partial charge in [-0.15, -0.1) is 0 Å². The molecule has 0 aliphatic carbocycles. The number of benzene rings is 9. The predicted molar refractivity (Wildman–Crippen MR) is 226 cm³/mol. The molecule has 0 atom stereocenters. The molecule has 250 valence electrons. The molecular formula is C50H30N4. The first-order valence-electron chi connectivity index (χ1n) is 18.4. The van der Waals surface area contributed by atoms with E-state index in [-0.39, 0.29) is 0 Å². The molecule has 0 N–H and O–H groups in total. The third-order valence-electron chi connectivity index (χ3n) is 11.3. The van der Waals surface area contributed by atoms with Gasteiger partial charge in [0.2, 0.25) is 0 Å². The highest BCUT2D eigenvalue weighted by Crippen LogP contribution is 2.42. The Morgan fingerprint density at radius 1 is 0.333 bits per heavy atom. The number of fused-ring (bicyclic) bond motifs is 12. The number of hydrogen-bond acceptors (Lipinski definition) is 2. The lowest BCUT2D eigenvalue weighted by Crippen LogP contribution is -2.04. The van der Waals surface area contributed by atoms with Gasteiger partial charge in [-0.2, -0.15) is 0 Å². The summed E-state index contributed by atoms with van der Waals surface area (Å²) < 4.78 is 4.79. The maximum absolute atomic E-state index is 5.50. The van der Waals surface area contributed by atoms with Crippen LogP contribution in [0.2, 0.25) is 0 Å². The molecule has 0 spiro atoms. The highest BCUT2D eigenvalue weighted by Gasteiger charge is 2.23. The zero-order valence-corrected chi connectivity index (χ0v) is 29.1. The Kier molecular flexibility index (Phi) is 6.02. The van der Waals surface area contributed by atoms with Crippen molar-refractivity contribution in [1.82, 2.24) is 19.1 Å². The molecule has 0 amide bonds. The van der Waals surface area contributed by atoms with E-state index in [0.29, 0.717) is 0 Å². The molecule has 0 aliphatic rings. The molecule has 0 saturated heterocycles. The van der Waals surface area contributed by atoms with Gasteiger partial charge in [0.05, 0.1) is 33.1 Å². The Morgan fingerprint density at radius 2 is 0.870 bits per heavy atom. The summed E-state index contributed by atoms with van der Waals surface area (Å²) in [5.74, 6) is 0.811. The van der Waals surface area contributed by atoms with Gasteiger partial charge in [0, 0.05) is 32.8 Å². The van der Waals surface area contributed by atoms with E-state index in [1.54, 1.807) is 0 Å². The van der Waals surface area contributed by atoms with Crippen molar-refractivity contribution in [2.45, 2.75) is 0 Å². The van der Waals surface area contributed by atoms with Crippen molar-refractivity contribution >= 4 is 87.0 Å². The van der Waals surface area contributed by atoms with E-state index >= 15 is 0 Å². The van der Waals surface area contributed by atoms with E-state index < -0.39 is 0 Å². The molecule has 54 heavy (non-hydrogen) atoms. The lowest BCUT2D eigenvalue weighted by Gasteiger charge is -2.16. The normalized spacial score (nSPS) is 12.1. The molecule has 4 nitrogen and oxygen atoms in total. The smallest absolute Gasteiger partial charge is 0.165 e. The largest absolute Gasteiger partial charge is 0.309 e. The summed E-state index contributed by atoms with van der Waals surface area (Å²) in [4.78, 5) is 10.9. The molecule has 0 bridgehead atoms. The lowest BCUT2D eigenvalue weighted by atomic mass is 10.0. The van der Waals surface area contributed by atoms with Crippen molar-refractivity contribution in [1.29, 1.82) is 0 Å². The molecule has 4 heteroatoms. The minimum absolute atomic E-state index is 0.811. The average Bonchev–Trinajstić information content (AvgIpc) is 3.76. The van der Waals surface area contributed by atoms with Crippen LogP contribution in [0.3, 0.4) is 0 Å². The fraction of sp³-hybridized carbons (Fsp3) is 0. The summed E-state index contributed by atoms with van der Waals surface area (Å²) in [5.41, 5.74) is 9.28. The van der Waals surface area contributed by atoms with Crippen LogP contribution >= 0.6 is 0 Å².